The summed E-state index contributed by atoms with van der Waals surface area (Å²) in [5.74, 6) is -1.98. The Morgan fingerprint density at radius 3 is 2.86 bits per heavy atom. The lowest BCUT2D eigenvalue weighted by Gasteiger charge is -2.32. The van der Waals surface area contributed by atoms with Gasteiger partial charge in [-0.15, -0.1) is 0 Å². The standard InChI is InChI=1S/C21H24F2N4O2/c22-16-5-6-18(19(23)11-16)21(29)25-12-15-3-2-9-27(14-15)10-7-20(28)26-17-4-1-8-24-13-17/h1,4-6,8,11,13,15H,2-3,7,9-10,12,14H2,(H,25,29)(H,26,28)/t15-/m1/s1. The number of amides is 2. The Morgan fingerprint density at radius 1 is 1.24 bits per heavy atom. The van der Waals surface area contributed by atoms with Crippen LogP contribution < -0.4 is 10.6 Å². The molecule has 8 heteroatoms. The van der Waals surface area contributed by atoms with Gasteiger partial charge < -0.3 is 15.5 Å². The van der Waals surface area contributed by atoms with Crippen LogP contribution >= 0.6 is 0 Å². The van der Waals surface area contributed by atoms with Crippen molar-refractivity contribution in [2.24, 2.45) is 5.92 Å². The zero-order chi connectivity index (χ0) is 20.6. The number of hydrogen-bond donors (Lipinski definition) is 2. The minimum absolute atomic E-state index is 0.0692. The lowest BCUT2D eigenvalue weighted by Crippen LogP contribution is -2.42. The van der Waals surface area contributed by atoms with Crippen LogP contribution in [0.2, 0.25) is 0 Å². The number of carbonyl (C=O) groups excluding carboxylic acids is 2. The molecule has 1 aliphatic rings. The molecule has 1 aromatic carbocycles. The van der Waals surface area contributed by atoms with E-state index in [4.69, 9.17) is 0 Å². The van der Waals surface area contributed by atoms with Gasteiger partial charge in [0.25, 0.3) is 5.91 Å². The highest BCUT2D eigenvalue weighted by molar-refractivity contribution is 5.94. The van der Waals surface area contributed by atoms with E-state index in [0.29, 0.717) is 31.3 Å². The van der Waals surface area contributed by atoms with Gasteiger partial charge >= 0.3 is 0 Å². The van der Waals surface area contributed by atoms with Crippen LogP contribution in [-0.4, -0.2) is 47.9 Å². The molecule has 3 rings (SSSR count). The summed E-state index contributed by atoms with van der Waals surface area (Å²) < 4.78 is 26.7. The molecule has 1 fully saturated rings. The molecule has 2 amide bonds. The zero-order valence-corrected chi connectivity index (χ0v) is 16.0. The Labute approximate surface area is 168 Å². The molecule has 6 nitrogen and oxygen atoms in total. The number of hydrogen-bond acceptors (Lipinski definition) is 4. The number of halogens is 2. The number of anilines is 1. The molecule has 0 unspecified atom stereocenters. The van der Waals surface area contributed by atoms with Crippen LogP contribution in [0.25, 0.3) is 0 Å². The Balaban J connectivity index is 1.42. The van der Waals surface area contributed by atoms with Crippen molar-refractivity contribution in [3.8, 4) is 0 Å². The minimum Gasteiger partial charge on any atom is -0.352 e. The van der Waals surface area contributed by atoms with Gasteiger partial charge in [0.05, 0.1) is 17.4 Å². The number of rotatable bonds is 7. The molecule has 0 spiro atoms. The summed E-state index contributed by atoms with van der Waals surface area (Å²) in [5, 5.41) is 5.55. The van der Waals surface area contributed by atoms with Crippen LogP contribution in [-0.2, 0) is 4.79 Å². The van der Waals surface area contributed by atoms with E-state index in [2.05, 4.69) is 20.5 Å². The van der Waals surface area contributed by atoms with E-state index in [0.717, 1.165) is 38.1 Å². The summed E-state index contributed by atoms with van der Waals surface area (Å²) in [7, 11) is 0. The van der Waals surface area contributed by atoms with Crippen LogP contribution in [0, 0.1) is 17.6 Å². The number of nitrogens with zero attached hydrogens (tertiary/aromatic N) is 2. The van der Waals surface area contributed by atoms with Gasteiger partial charge in [-0.3, -0.25) is 14.6 Å². The van der Waals surface area contributed by atoms with Crippen LogP contribution in [0.4, 0.5) is 14.5 Å². The number of benzene rings is 1. The summed E-state index contributed by atoms with van der Waals surface area (Å²) >= 11 is 0. The molecule has 2 aromatic rings. The van der Waals surface area contributed by atoms with Crippen molar-refractivity contribution >= 4 is 17.5 Å². The van der Waals surface area contributed by atoms with Gasteiger partial charge in [0.15, 0.2) is 0 Å². The normalized spacial score (nSPS) is 17.0. The molecule has 2 N–H and O–H groups in total. The van der Waals surface area contributed by atoms with Gasteiger partial charge in [-0.1, -0.05) is 0 Å². The quantitative estimate of drug-likeness (QED) is 0.747. The first-order valence-electron chi connectivity index (χ1n) is 9.67. The average Bonchev–Trinajstić information content (AvgIpc) is 2.71. The van der Waals surface area contributed by atoms with Crippen LogP contribution in [0.3, 0.4) is 0 Å². The van der Waals surface area contributed by atoms with Gasteiger partial charge in [0.1, 0.15) is 11.6 Å². The Kier molecular flexibility index (Phi) is 7.24. The largest absolute Gasteiger partial charge is 0.352 e. The predicted octanol–water partition coefficient (Wildman–Crippen LogP) is 2.83. The van der Waals surface area contributed by atoms with E-state index in [1.165, 1.54) is 0 Å². The number of piperidine rings is 1. The summed E-state index contributed by atoms with van der Waals surface area (Å²) in [6.45, 7) is 2.70. The number of likely N-dealkylation sites (tertiary alicyclic amines) is 1. The van der Waals surface area contributed by atoms with Crippen LogP contribution in [0.5, 0.6) is 0 Å². The monoisotopic (exact) mass is 402 g/mol. The second kappa shape index (κ2) is 10.1. The second-order valence-corrected chi connectivity index (χ2v) is 7.18. The smallest absolute Gasteiger partial charge is 0.254 e. The fourth-order valence-electron chi connectivity index (χ4n) is 3.45. The maximum atomic E-state index is 13.7. The third-order valence-electron chi connectivity index (χ3n) is 4.93. The fourth-order valence-corrected chi connectivity index (χ4v) is 3.45. The first-order valence-corrected chi connectivity index (χ1v) is 9.67. The van der Waals surface area contributed by atoms with Crippen molar-refractivity contribution in [1.82, 2.24) is 15.2 Å². The van der Waals surface area contributed by atoms with Gasteiger partial charge in [-0.25, -0.2) is 8.78 Å². The molecule has 1 atom stereocenters. The summed E-state index contributed by atoms with van der Waals surface area (Å²) in [6, 6.07) is 6.46. The molecule has 0 saturated carbocycles. The van der Waals surface area contributed by atoms with Crippen molar-refractivity contribution in [3.05, 3.63) is 59.9 Å². The third-order valence-corrected chi connectivity index (χ3v) is 4.93. The Morgan fingerprint density at radius 2 is 2.10 bits per heavy atom. The molecule has 0 aliphatic carbocycles. The Bertz CT molecular complexity index is 848. The molecule has 29 heavy (non-hydrogen) atoms. The number of pyridine rings is 1. The van der Waals surface area contributed by atoms with E-state index in [1.54, 1.807) is 24.5 Å². The zero-order valence-electron chi connectivity index (χ0n) is 16.0. The van der Waals surface area contributed by atoms with E-state index >= 15 is 0 Å². The number of carbonyl (C=O) groups is 2. The SMILES string of the molecule is O=C(CCN1CCC[C@H](CNC(=O)c2ccc(F)cc2F)C1)Nc1cccnc1. The van der Waals surface area contributed by atoms with E-state index in [9.17, 15) is 18.4 Å². The van der Waals surface area contributed by atoms with Gasteiger partial charge in [-0.2, -0.15) is 0 Å². The van der Waals surface area contributed by atoms with Gasteiger partial charge in [-0.05, 0) is 49.6 Å². The molecule has 2 heterocycles. The first kappa shape index (κ1) is 20.9. The molecule has 1 aromatic heterocycles. The highest BCUT2D eigenvalue weighted by Gasteiger charge is 2.22. The molecule has 0 bridgehead atoms. The van der Waals surface area contributed by atoms with Gasteiger partial charge in [0, 0.05) is 38.3 Å². The van der Waals surface area contributed by atoms with E-state index in [1.807, 2.05) is 0 Å². The summed E-state index contributed by atoms with van der Waals surface area (Å²) in [6.07, 6.45) is 5.53. The molecular weight excluding hydrogens is 378 g/mol. The molecular formula is C21H24F2N4O2. The molecule has 154 valence electrons. The average molecular weight is 402 g/mol. The van der Waals surface area contributed by atoms with Crippen molar-refractivity contribution in [2.45, 2.75) is 19.3 Å². The van der Waals surface area contributed by atoms with E-state index in [-0.39, 0.29) is 17.4 Å². The maximum Gasteiger partial charge on any atom is 0.254 e. The van der Waals surface area contributed by atoms with Crippen LogP contribution in [0.1, 0.15) is 29.6 Å². The predicted molar refractivity (Wildman–Crippen MR) is 105 cm³/mol. The van der Waals surface area contributed by atoms with Crippen LogP contribution in [0.15, 0.2) is 42.7 Å². The minimum atomic E-state index is -0.868. The third kappa shape index (κ3) is 6.32. The molecule has 1 aliphatic heterocycles. The number of aromatic nitrogens is 1. The second-order valence-electron chi connectivity index (χ2n) is 7.18. The summed E-state index contributed by atoms with van der Waals surface area (Å²) in [4.78, 5) is 30.4. The lowest BCUT2D eigenvalue weighted by atomic mass is 9.97. The molecule has 0 radical (unpaired) electrons. The first-order chi connectivity index (χ1) is 14.0. The highest BCUT2D eigenvalue weighted by Crippen LogP contribution is 2.17. The van der Waals surface area contributed by atoms with Crippen molar-refractivity contribution < 1.29 is 18.4 Å². The fraction of sp³-hybridized carbons (Fsp3) is 0.381. The molecule has 1 saturated heterocycles. The van der Waals surface area contributed by atoms with E-state index < -0.39 is 17.5 Å². The highest BCUT2D eigenvalue weighted by atomic mass is 19.1. The summed E-state index contributed by atoms with van der Waals surface area (Å²) in [5.41, 5.74) is 0.510. The van der Waals surface area contributed by atoms with Crippen molar-refractivity contribution in [2.75, 3.05) is 31.5 Å². The maximum absolute atomic E-state index is 13.7. The van der Waals surface area contributed by atoms with Gasteiger partial charge in [0.2, 0.25) is 5.91 Å². The topological polar surface area (TPSA) is 74.3 Å². The Hall–Kier alpha value is -2.87. The van der Waals surface area contributed by atoms with Crippen molar-refractivity contribution in [1.29, 1.82) is 0 Å². The van der Waals surface area contributed by atoms with Crippen molar-refractivity contribution in [3.63, 3.8) is 0 Å². The lowest BCUT2D eigenvalue weighted by molar-refractivity contribution is -0.116. The number of nitrogens with one attached hydrogen (secondary N) is 2.